The summed E-state index contributed by atoms with van der Waals surface area (Å²) in [5, 5.41) is 0. The largest absolute Gasteiger partial charge is 0.390 e. The molecule has 1 rings (SSSR count). The highest BCUT2D eigenvalue weighted by molar-refractivity contribution is 5.11. The second kappa shape index (κ2) is 7.48. The van der Waals surface area contributed by atoms with Gasteiger partial charge in [-0.1, -0.05) is 39.0 Å². The van der Waals surface area contributed by atoms with Crippen LogP contribution in [0.3, 0.4) is 0 Å². The molecule has 0 aliphatic carbocycles. The smallest absolute Gasteiger partial charge is 0.119 e. The van der Waals surface area contributed by atoms with Crippen molar-refractivity contribution in [2.24, 2.45) is 0 Å². The fourth-order valence-electron chi connectivity index (χ4n) is 1.57. The maximum absolute atomic E-state index is 4.98. The molecule has 0 radical (unpaired) electrons. The summed E-state index contributed by atoms with van der Waals surface area (Å²) in [6.07, 6.45) is 14.8. The molecule has 1 heterocycles. The predicted octanol–water partition coefficient (Wildman–Crippen LogP) is 3.67. The minimum absolute atomic E-state index is 1.11. The second-order valence-electron chi connectivity index (χ2n) is 3.76. The summed E-state index contributed by atoms with van der Waals surface area (Å²) < 4.78 is 0. The Kier molecular flexibility index (Phi) is 5.96. The van der Waals surface area contributed by atoms with Crippen LogP contribution in [0.2, 0.25) is 0 Å². The molecule has 0 saturated heterocycles. The van der Waals surface area contributed by atoms with Crippen molar-refractivity contribution in [3.05, 3.63) is 24.1 Å². The van der Waals surface area contributed by atoms with Gasteiger partial charge in [-0.3, -0.25) is 0 Å². The first-order valence-electron chi connectivity index (χ1n) is 5.71. The molecule has 0 unspecified atom stereocenters. The van der Waals surface area contributed by atoms with E-state index >= 15 is 0 Å². The molecular weight excluding hydrogens is 174 g/mol. The molecule has 0 aromatic carbocycles. The Bertz CT molecular complexity index is 196. The van der Waals surface area contributed by atoms with Crippen molar-refractivity contribution in [3.8, 4) is 0 Å². The topological polar surface area (TPSA) is 21.3 Å². The van der Waals surface area contributed by atoms with E-state index in [0.717, 1.165) is 6.42 Å². The summed E-state index contributed by atoms with van der Waals surface area (Å²) in [6, 6.07) is 0. The lowest BCUT2D eigenvalue weighted by atomic mass is 10.1. The lowest BCUT2D eigenvalue weighted by molar-refractivity contribution is 0.155. The van der Waals surface area contributed by atoms with E-state index in [1.807, 2.05) is 6.08 Å². The molecule has 1 aliphatic rings. The Morgan fingerprint density at radius 2 is 1.93 bits per heavy atom. The molecule has 0 aromatic rings. The van der Waals surface area contributed by atoms with Gasteiger partial charge in [0.15, 0.2) is 0 Å². The minimum atomic E-state index is 1.11. The number of hydrogen-bond acceptors (Lipinski definition) is 2. The van der Waals surface area contributed by atoms with Crippen molar-refractivity contribution in [2.75, 3.05) is 0 Å². The van der Waals surface area contributed by atoms with Crippen molar-refractivity contribution in [3.63, 3.8) is 0 Å². The Balaban J connectivity index is 1.93. The fourth-order valence-corrected chi connectivity index (χ4v) is 1.57. The van der Waals surface area contributed by atoms with Crippen molar-refractivity contribution < 1.29 is 4.84 Å². The van der Waals surface area contributed by atoms with Crippen LogP contribution in [0.4, 0.5) is 0 Å². The third-order valence-electron chi connectivity index (χ3n) is 2.43. The Morgan fingerprint density at radius 3 is 2.64 bits per heavy atom. The Morgan fingerprint density at radius 1 is 1.14 bits per heavy atom. The van der Waals surface area contributed by atoms with Gasteiger partial charge in [0.05, 0.1) is 0 Å². The van der Waals surface area contributed by atoms with Crippen LogP contribution in [0.1, 0.15) is 51.9 Å². The molecule has 0 fully saturated rings. The van der Waals surface area contributed by atoms with E-state index in [9.17, 15) is 0 Å². The normalized spacial score (nSPS) is 14.5. The lowest BCUT2D eigenvalue weighted by Gasteiger charge is -2.11. The Labute approximate surface area is 87.0 Å². The average Bonchev–Trinajstić information content (AvgIpc) is 2.25. The summed E-state index contributed by atoms with van der Waals surface area (Å²) >= 11 is 0. The van der Waals surface area contributed by atoms with Crippen LogP contribution in [0.25, 0.3) is 0 Å². The monoisotopic (exact) mass is 195 g/mol. The van der Waals surface area contributed by atoms with Gasteiger partial charge in [0.2, 0.25) is 0 Å². The molecule has 0 spiro atoms. The van der Waals surface area contributed by atoms with Crippen LogP contribution >= 0.6 is 0 Å². The zero-order chi connectivity index (χ0) is 10.1. The Hall–Kier alpha value is -0.920. The van der Waals surface area contributed by atoms with Crippen molar-refractivity contribution >= 4 is 0 Å². The minimum Gasteiger partial charge on any atom is -0.390 e. The van der Waals surface area contributed by atoms with E-state index in [2.05, 4.69) is 18.5 Å². The van der Waals surface area contributed by atoms with E-state index in [1.165, 1.54) is 44.2 Å². The van der Waals surface area contributed by atoms with Gasteiger partial charge in [-0.25, -0.2) is 5.48 Å². The number of nitrogens with one attached hydrogen (secondary N) is 1. The first-order chi connectivity index (χ1) is 6.93. The molecule has 0 bridgehead atoms. The van der Waals surface area contributed by atoms with Crippen LogP contribution in [0, 0.1) is 0 Å². The highest BCUT2D eigenvalue weighted by atomic mass is 16.6. The number of allylic oxidation sites excluding steroid dienone is 3. The zero-order valence-electron chi connectivity index (χ0n) is 9.09. The fraction of sp³-hybridized carbons (Fsp3) is 0.667. The highest BCUT2D eigenvalue weighted by Gasteiger charge is 1.98. The number of hydroxylamine groups is 1. The predicted molar refractivity (Wildman–Crippen MR) is 59.4 cm³/mol. The molecule has 14 heavy (non-hydrogen) atoms. The number of unbranched alkanes of at least 4 members (excludes halogenated alkanes) is 5. The number of rotatable bonds is 7. The maximum Gasteiger partial charge on any atom is 0.119 e. The van der Waals surface area contributed by atoms with Crippen LogP contribution in [0.15, 0.2) is 24.1 Å². The van der Waals surface area contributed by atoms with E-state index in [1.54, 1.807) is 6.26 Å². The van der Waals surface area contributed by atoms with Gasteiger partial charge < -0.3 is 4.84 Å². The van der Waals surface area contributed by atoms with Gasteiger partial charge in [-0.05, 0) is 25.0 Å². The van der Waals surface area contributed by atoms with Gasteiger partial charge in [-0.15, -0.1) is 0 Å². The van der Waals surface area contributed by atoms with E-state index in [0.29, 0.717) is 0 Å². The highest BCUT2D eigenvalue weighted by Crippen LogP contribution is 2.11. The first kappa shape index (κ1) is 11.2. The summed E-state index contributed by atoms with van der Waals surface area (Å²) in [5.74, 6) is 0. The standard InChI is InChI=1S/C12H21NO/c1-2-3-4-5-6-7-9-12-10-8-11-14-13-12/h8,10-11,13H,2-7,9H2,1H3. The first-order valence-corrected chi connectivity index (χ1v) is 5.71. The van der Waals surface area contributed by atoms with Gasteiger partial charge >= 0.3 is 0 Å². The second-order valence-corrected chi connectivity index (χ2v) is 3.76. The van der Waals surface area contributed by atoms with Crippen molar-refractivity contribution in [2.45, 2.75) is 51.9 Å². The number of hydrogen-bond donors (Lipinski definition) is 1. The molecule has 0 aromatic heterocycles. The molecule has 0 atom stereocenters. The molecule has 1 aliphatic heterocycles. The third-order valence-corrected chi connectivity index (χ3v) is 2.43. The van der Waals surface area contributed by atoms with Crippen LogP contribution in [-0.2, 0) is 4.84 Å². The molecule has 0 saturated carbocycles. The third kappa shape index (κ3) is 4.95. The zero-order valence-corrected chi connectivity index (χ0v) is 9.09. The summed E-state index contributed by atoms with van der Waals surface area (Å²) in [4.78, 5) is 4.98. The summed E-state index contributed by atoms with van der Waals surface area (Å²) in [5.41, 5.74) is 4.09. The molecule has 2 heteroatoms. The quantitative estimate of drug-likeness (QED) is 0.626. The SMILES string of the molecule is CCCCCCCCC1=CC=CON1. The van der Waals surface area contributed by atoms with Crippen LogP contribution < -0.4 is 5.48 Å². The van der Waals surface area contributed by atoms with E-state index in [4.69, 9.17) is 4.84 Å². The van der Waals surface area contributed by atoms with Gasteiger partial charge in [-0.2, -0.15) is 0 Å². The molecule has 1 N–H and O–H groups in total. The lowest BCUT2D eigenvalue weighted by Crippen LogP contribution is -2.12. The van der Waals surface area contributed by atoms with Crippen LogP contribution in [0.5, 0.6) is 0 Å². The van der Waals surface area contributed by atoms with Crippen molar-refractivity contribution in [1.82, 2.24) is 5.48 Å². The molecule has 0 amide bonds. The van der Waals surface area contributed by atoms with Gasteiger partial charge in [0, 0.05) is 5.70 Å². The molecular formula is C12H21NO. The van der Waals surface area contributed by atoms with E-state index in [-0.39, 0.29) is 0 Å². The van der Waals surface area contributed by atoms with E-state index < -0.39 is 0 Å². The average molecular weight is 195 g/mol. The van der Waals surface area contributed by atoms with Gasteiger partial charge in [0.1, 0.15) is 6.26 Å². The molecule has 2 nitrogen and oxygen atoms in total. The van der Waals surface area contributed by atoms with Crippen LogP contribution in [-0.4, -0.2) is 0 Å². The maximum atomic E-state index is 4.98. The molecule has 80 valence electrons. The summed E-state index contributed by atoms with van der Waals surface area (Å²) in [7, 11) is 0. The van der Waals surface area contributed by atoms with Crippen molar-refractivity contribution in [1.29, 1.82) is 0 Å². The van der Waals surface area contributed by atoms with Gasteiger partial charge in [0.25, 0.3) is 0 Å². The summed E-state index contributed by atoms with van der Waals surface area (Å²) in [6.45, 7) is 2.25.